The van der Waals surface area contributed by atoms with Gasteiger partial charge in [-0.15, -0.1) is 0 Å². The lowest BCUT2D eigenvalue weighted by molar-refractivity contribution is 0.0861. The van der Waals surface area contributed by atoms with Crippen LogP contribution in [0.5, 0.6) is 0 Å². The van der Waals surface area contributed by atoms with Crippen LogP contribution in [-0.4, -0.2) is 52.3 Å². The summed E-state index contributed by atoms with van der Waals surface area (Å²) in [6, 6.07) is 0. The summed E-state index contributed by atoms with van der Waals surface area (Å²) in [5.41, 5.74) is 12.4. The number of allylic oxidation sites excluding steroid dienone is 3. The van der Waals surface area contributed by atoms with Gasteiger partial charge in [-0.1, -0.05) is 36.5 Å². The van der Waals surface area contributed by atoms with E-state index in [-0.39, 0.29) is 6.10 Å². The van der Waals surface area contributed by atoms with Crippen molar-refractivity contribution in [2.45, 2.75) is 58.2 Å². The van der Waals surface area contributed by atoms with E-state index in [0.717, 1.165) is 58.2 Å². The average molecular weight is 479 g/mol. The molecule has 1 aliphatic carbocycles. The van der Waals surface area contributed by atoms with Crippen LogP contribution in [0.1, 0.15) is 50.7 Å². The van der Waals surface area contributed by atoms with Gasteiger partial charge >= 0.3 is 0 Å². The molecule has 2 aromatic rings. The van der Waals surface area contributed by atoms with Gasteiger partial charge in [0.2, 0.25) is 0 Å². The molecule has 2 aromatic heterocycles. The number of nitrogens with two attached hydrogens (primary N) is 1. The number of nitrogens with one attached hydrogen (secondary N) is 1. The zero-order valence-corrected chi connectivity index (χ0v) is 21.3. The van der Waals surface area contributed by atoms with E-state index in [1.54, 1.807) is 33.4 Å². The van der Waals surface area contributed by atoms with E-state index in [2.05, 4.69) is 46.1 Å². The summed E-state index contributed by atoms with van der Waals surface area (Å²) in [7, 11) is 1.70. The summed E-state index contributed by atoms with van der Waals surface area (Å²) in [5.74, 6) is 0.445. The molecular weight excluding hydrogens is 440 g/mol. The zero-order valence-electron chi connectivity index (χ0n) is 21.3. The van der Waals surface area contributed by atoms with Gasteiger partial charge in [-0.2, -0.15) is 5.10 Å². The molecule has 0 aliphatic heterocycles. The fraction of sp³-hybridized carbons (Fsp3) is 0.429. The Hall–Kier alpha value is -3.00. The van der Waals surface area contributed by atoms with Gasteiger partial charge in [0, 0.05) is 49.2 Å². The molecule has 0 fully saturated rings. The first-order chi connectivity index (χ1) is 16.7. The topological polar surface area (TPSA) is 106 Å². The number of nitrogens with zero attached hydrogens (tertiary/aromatic N) is 2. The van der Waals surface area contributed by atoms with Crippen LogP contribution in [0.4, 0.5) is 5.82 Å². The van der Waals surface area contributed by atoms with Crippen molar-refractivity contribution in [3.8, 4) is 11.1 Å². The van der Waals surface area contributed by atoms with Gasteiger partial charge in [0.05, 0.1) is 24.5 Å². The van der Waals surface area contributed by atoms with E-state index in [9.17, 15) is 5.11 Å². The van der Waals surface area contributed by atoms with Gasteiger partial charge in [-0.3, -0.25) is 5.10 Å². The van der Waals surface area contributed by atoms with E-state index < -0.39 is 5.60 Å². The molecule has 0 radical (unpaired) electrons. The average Bonchev–Trinajstić information content (AvgIpc) is 3.32. The van der Waals surface area contributed by atoms with Crippen molar-refractivity contribution in [1.82, 2.24) is 15.2 Å². The Balaban J connectivity index is 1.78. The molecule has 0 spiro atoms. The Morgan fingerprint density at radius 2 is 2.09 bits per heavy atom. The lowest BCUT2D eigenvalue weighted by atomic mass is 9.87. The molecule has 188 valence electrons. The molecule has 7 nitrogen and oxygen atoms in total. The lowest BCUT2D eigenvalue weighted by Gasteiger charge is -2.23. The fourth-order valence-electron chi connectivity index (χ4n) is 4.17. The first-order valence-electron chi connectivity index (χ1n) is 12.0. The van der Waals surface area contributed by atoms with Crippen LogP contribution in [0.15, 0.2) is 60.6 Å². The van der Waals surface area contributed by atoms with Crippen LogP contribution in [0.2, 0.25) is 0 Å². The van der Waals surface area contributed by atoms with Crippen molar-refractivity contribution in [2.75, 3.05) is 26.1 Å². The van der Waals surface area contributed by atoms with Crippen molar-refractivity contribution < 1.29 is 14.6 Å². The fourth-order valence-corrected chi connectivity index (χ4v) is 4.17. The zero-order chi connectivity index (χ0) is 25.4. The number of rotatable bonds is 12. The minimum absolute atomic E-state index is 0.0398. The van der Waals surface area contributed by atoms with Crippen molar-refractivity contribution in [3.05, 3.63) is 71.7 Å². The number of nitrogen functional groups attached to an aromatic ring is 1. The third-order valence-electron chi connectivity index (χ3n) is 6.00. The number of aromatic amines is 1. The normalized spacial score (nSPS) is 16.4. The van der Waals surface area contributed by atoms with E-state index >= 15 is 0 Å². The van der Waals surface area contributed by atoms with Gasteiger partial charge in [0.1, 0.15) is 5.82 Å². The maximum Gasteiger partial charge on any atom is 0.131 e. The number of aliphatic hydroxyl groups is 1. The van der Waals surface area contributed by atoms with Crippen molar-refractivity contribution in [1.29, 1.82) is 0 Å². The number of aromatic nitrogens is 3. The minimum atomic E-state index is -0.911. The molecule has 2 heterocycles. The molecule has 4 N–H and O–H groups in total. The van der Waals surface area contributed by atoms with E-state index in [0.29, 0.717) is 25.5 Å². The second-order valence-corrected chi connectivity index (χ2v) is 9.65. The molecular formula is C28H38N4O3. The van der Waals surface area contributed by atoms with Crippen LogP contribution < -0.4 is 5.73 Å². The first-order valence-corrected chi connectivity index (χ1v) is 12.0. The number of hydrogen-bond donors (Lipinski definition) is 3. The molecule has 0 bridgehead atoms. The maximum atomic E-state index is 10.7. The molecule has 3 rings (SSSR count). The quantitative estimate of drug-likeness (QED) is 0.364. The number of ether oxygens (including phenoxy) is 2. The highest BCUT2D eigenvalue weighted by Gasteiger charge is 2.22. The van der Waals surface area contributed by atoms with Crippen LogP contribution in [0, 0.1) is 6.92 Å². The standard InChI is InChI=1S/C28H38N4O3/c1-19(10-12-34-5)11-13-35-24-8-6-21(7-9-24)14-22(15-28(3,4)33)26-20(2)25(18-30-27(26)29)23-16-31-32-17-23/h6-8,14,16-18,24,33H,1,9-13,15H2,2-5H3,(H2,29,30)(H,31,32)/b22-14+. The molecule has 1 atom stereocenters. The van der Waals surface area contributed by atoms with Crippen LogP contribution in [0.25, 0.3) is 16.7 Å². The lowest BCUT2D eigenvalue weighted by Crippen LogP contribution is -2.20. The maximum absolute atomic E-state index is 10.7. The largest absolute Gasteiger partial charge is 0.390 e. The van der Waals surface area contributed by atoms with Crippen LogP contribution >= 0.6 is 0 Å². The SMILES string of the molecule is C=C(CCOC)CCOC1C=CC(/C=C(\CC(C)(C)O)c2c(N)ncc(-c3cn[nH]c3)c2C)=CC1. The summed E-state index contributed by atoms with van der Waals surface area (Å²) in [4.78, 5) is 4.46. The Bertz CT molecular complexity index is 1090. The predicted octanol–water partition coefficient (Wildman–Crippen LogP) is 5.16. The summed E-state index contributed by atoms with van der Waals surface area (Å²) in [6.45, 7) is 11.0. The highest BCUT2D eigenvalue weighted by atomic mass is 16.5. The summed E-state index contributed by atoms with van der Waals surface area (Å²) in [6.07, 6.45) is 16.7. The monoisotopic (exact) mass is 478 g/mol. The number of H-pyrrole nitrogens is 1. The third-order valence-corrected chi connectivity index (χ3v) is 6.00. The highest BCUT2D eigenvalue weighted by Crippen LogP contribution is 2.36. The van der Waals surface area contributed by atoms with Crippen LogP contribution in [0.3, 0.4) is 0 Å². The summed E-state index contributed by atoms with van der Waals surface area (Å²) < 4.78 is 11.1. The van der Waals surface area contributed by atoms with Gasteiger partial charge in [-0.25, -0.2) is 4.98 Å². The Morgan fingerprint density at radius 1 is 1.31 bits per heavy atom. The summed E-state index contributed by atoms with van der Waals surface area (Å²) in [5, 5.41) is 17.6. The summed E-state index contributed by atoms with van der Waals surface area (Å²) >= 11 is 0. The number of pyridine rings is 1. The van der Waals surface area contributed by atoms with Crippen molar-refractivity contribution >= 4 is 11.4 Å². The molecule has 0 saturated heterocycles. The second kappa shape index (κ2) is 12.1. The molecule has 0 aromatic carbocycles. The highest BCUT2D eigenvalue weighted by molar-refractivity contribution is 5.83. The molecule has 0 saturated carbocycles. The minimum Gasteiger partial charge on any atom is -0.390 e. The van der Waals surface area contributed by atoms with Gasteiger partial charge in [-0.05, 0) is 56.7 Å². The predicted molar refractivity (Wildman–Crippen MR) is 142 cm³/mol. The van der Waals surface area contributed by atoms with E-state index in [4.69, 9.17) is 15.2 Å². The van der Waals surface area contributed by atoms with Gasteiger partial charge in [0.15, 0.2) is 0 Å². The van der Waals surface area contributed by atoms with Gasteiger partial charge in [0.25, 0.3) is 0 Å². The Labute approximate surface area is 208 Å². The van der Waals surface area contributed by atoms with Gasteiger partial charge < -0.3 is 20.3 Å². The second-order valence-electron chi connectivity index (χ2n) is 9.65. The Kier molecular flexibility index (Phi) is 9.20. The number of anilines is 1. The molecule has 35 heavy (non-hydrogen) atoms. The van der Waals surface area contributed by atoms with E-state index in [1.807, 2.05) is 13.1 Å². The smallest absolute Gasteiger partial charge is 0.131 e. The molecule has 7 heteroatoms. The third kappa shape index (κ3) is 7.75. The molecule has 1 unspecified atom stereocenters. The first kappa shape index (κ1) is 26.6. The van der Waals surface area contributed by atoms with Crippen molar-refractivity contribution in [2.24, 2.45) is 0 Å². The molecule has 1 aliphatic rings. The number of methoxy groups -OCH3 is 1. The Morgan fingerprint density at radius 3 is 2.71 bits per heavy atom. The number of hydrogen-bond acceptors (Lipinski definition) is 6. The van der Waals surface area contributed by atoms with Crippen molar-refractivity contribution in [3.63, 3.8) is 0 Å². The molecule has 0 amide bonds. The van der Waals surface area contributed by atoms with E-state index in [1.165, 1.54) is 0 Å². The van der Waals surface area contributed by atoms with Crippen LogP contribution in [-0.2, 0) is 9.47 Å².